The zero-order valence-corrected chi connectivity index (χ0v) is 12.5. The summed E-state index contributed by atoms with van der Waals surface area (Å²) in [5.74, 6) is 0.537. The highest BCUT2D eigenvalue weighted by molar-refractivity contribution is 7.99. The quantitative estimate of drug-likeness (QED) is 0.926. The molecule has 1 N–H and O–H groups in total. The largest absolute Gasteiger partial charge is 0.341 e. The van der Waals surface area contributed by atoms with Gasteiger partial charge in [-0.25, -0.2) is 0 Å². The van der Waals surface area contributed by atoms with E-state index in [1.807, 2.05) is 41.5 Å². The lowest BCUT2D eigenvalue weighted by atomic mass is 9.97. The predicted molar refractivity (Wildman–Crippen MR) is 82.8 cm³/mol. The van der Waals surface area contributed by atoms with Gasteiger partial charge in [0.2, 0.25) is 11.8 Å². The van der Waals surface area contributed by atoms with E-state index in [4.69, 9.17) is 0 Å². The Bertz CT molecular complexity index is 464. The van der Waals surface area contributed by atoms with E-state index in [0.717, 1.165) is 25.1 Å². The van der Waals surface area contributed by atoms with Gasteiger partial charge in [0.25, 0.3) is 0 Å². The minimum Gasteiger partial charge on any atom is -0.341 e. The maximum atomic E-state index is 12.2. The molecule has 1 aliphatic heterocycles. The Morgan fingerprint density at radius 2 is 2.10 bits per heavy atom. The third-order valence-corrected chi connectivity index (χ3v) is 3.99. The molecule has 0 aromatic heterocycles. The van der Waals surface area contributed by atoms with Crippen LogP contribution in [0.15, 0.2) is 30.3 Å². The third kappa shape index (κ3) is 4.00. The lowest BCUT2D eigenvalue weighted by Gasteiger charge is -2.32. The Kier molecular flexibility index (Phi) is 5.47. The number of carbonyl (C=O) groups is 2. The first kappa shape index (κ1) is 14.9. The second-order valence-electron chi connectivity index (χ2n) is 4.97. The van der Waals surface area contributed by atoms with Gasteiger partial charge in [-0.3, -0.25) is 9.59 Å². The summed E-state index contributed by atoms with van der Waals surface area (Å²) in [5.41, 5.74) is 0.810. The average Bonchev–Trinajstić information content (AvgIpc) is 2.48. The van der Waals surface area contributed by atoms with Crippen LogP contribution in [0.3, 0.4) is 0 Å². The van der Waals surface area contributed by atoms with Crippen molar-refractivity contribution in [3.05, 3.63) is 30.3 Å². The lowest BCUT2D eigenvalue weighted by Crippen LogP contribution is -2.44. The van der Waals surface area contributed by atoms with Crippen LogP contribution in [0.5, 0.6) is 0 Å². The van der Waals surface area contributed by atoms with Crippen LogP contribution in [0.4, 0.5) is 5.69 Å². The summed E-state index contributed by atoms with van der Waals surface area (Å²) in [5, 5.41) is 2.92. The van der Waals surface area contributed by atoms with Crippen molar-refractivity contribution in [2.24, 2.45) is 5.92 Å². The number of thioether (sulfide) groups is 1. The average molecular weight is 292 g/mol. The Morgan fingerprint density at radius 1 is 1.35 bits per heavy atom. The fourth-order valence-corrected chi connectivity index (χ4v) is 2.83. The molecule has 20 heavy (non-hydrogen) atoms. The molecule has 0 spiro atoms. The van der Waals surface area contributed by atoms with Gasteiger partial charge in [-0.05, 0) is 31.2 Å². The SMILES string of the molecule is CSCC(=O)N1CCCC(C(=O)Nc2ccccc2)C1. The van der Waals surface area contributed by atoms with E-state index >= 15 is 0 Å². The molecular formula is C15H20N2O2S. The maximum absolute atomic E-state index is 12.2. The van der Waals surface area contributed by atoms with Crippen LogP contribution in [0, 0.1) is 5.92 Å². The first-order chi connectivity index (χ1) is 9.70. The van der Waals surface area contributed by atoms with Crippen molar-refractivity contribution in [1.82, 2.24) is 4.90 Å². The highest BCUT2D eigenvalue weighted by Crippen LogP contribution is 2.19. The molecule has 108 valence electrons. The third-order valence-electron chi connectivity index (χ3n) is 3.45. The summed E-state index contributed by atoms with van der Waals surface area (Å²) in [6, 6.07) is 9.45. The van der Waals surface area contributed by atoms with Crippen molar-refractivity contribution in [2.75, 3.05) is 30.4 Å². The smallest absolute Gasteiger partial charge is 0.232 e. The molecule has 1 heterocycles. The summed E-state index contributed by atoms with van der Waals surface area (Å²) in [4.78, 5) is 26.0. The monoisotopic (exact) mass is 292 g/mol. The topological polar surface area (TPSA) is 49.4 Å². The maximum Gasteiger partial charge on any atom is 0.232 e. The van der Waals surface area contributed by atoms with E-state index in [-0.39, 0.29) is 17.7 Å². The molecule has 5 heteroatoms. The van der Waals surface area contributed by atoms with Crippen LogP contribution in [0.25, 0.3) is 0 Å². The van der Waals surface area contributed by atoms with Crippen molar-refractivity contribution >= 4 is 29.3 Å². The Balaban J connectivity index is 1.91. The number of hydrogen-bond donors (Lipinski definition) is 1. The summed E-state index contributed by atoms with van der Waals surface area (Å²) in [6.07, 6.45) is 3.66. The number of piperidine rings is 1. The molecule has 2 amide bonds. The van der Waals surface area contributed by atoms with Crippen molar-refractivity contribution < 1.29 is 9.59 Å². The predicted octanol–water partition coefficient (Wildman–Crippen LogP) is 2.23. The zero-order valence-electron chi connectivity index (χ0n) is 11.7. The van der Waals surface area contributed by atoms with Gasteiger partial charge >= 0.3 is 0 Å². The fourth-order valence-electron chi connectivity index (χ4n) is 2.40. The van der Waals surface area contributed by atoms with Gasteiger partial charge < -0.3 is 10.2 Å². The van der Waals surface area contributed by atoms with Gasteiger partial charge in [0.05, 0.1) is 11.7 Å². The number of nitrogens with zero attached hydrogens (tertiary/aromatic N) is 1. The van der Waals surface area contributed by atoms with Crippen LogP contribution in [0.1, 0.15) is 12.8 Å². The standard InChI is InChI=1S/C15H20N2O2S/c1-20-11-14(18)17-9-5-6-12(10-17)15(19)16-13-7-3-2-4-8-13/h2-4,7-8,12H,5-6,9-11H2,1H3,(H,16,19). The van der Waals surface area contributed by atoms with E-state index in [1.165, 1.54) is 11.8 Å². The molecule has 4 nitrogen and oxygen atoms in total. The number of hydrogen-bond acceptors (Lipinski definition) is 3. The van der Waals surface area contributed by atoms with Crippen LogP contribution in [-0.4, -0.2) is 41.8 Å². The number of rotatable bonds is 4. The molecule has 1 unspecified atom stereocenters. The van der Waals surface area contributed by atoms with Gasteiger partial charge in [-0.15, -0.1) is 0 Å². The second kappa shape index (κ2) is 7.33. The van der Waals surface area contributed by atoms with Crippen LogP contribution in [0.2, 0.25) is 0 Å². The summed E-state index contributed by atoms with van der Waals surface area (Å²) >= 11 is 1.52. The number of benzene rings is 1. The highest BCUT2D eigenvalue weighted by Gasteiger charge is 2.28. The number of carbonyl (C=O) groups excluding carboxylic acids is 2. The Morgan fingerprint density at radius 3 is 2.80 bits per heavy atom. The number of nitrogens with one attached hydrogen (secondary N) is 1. The molecule has 0 saturated carbocycles. The second-order valence-corrected chi connectivity index (χ2v) is 5.83. The molecule has 1 aromatic carbocycles. The van der Waals surface area contributed by atoms with Crippen molar-refractivity contribution in [3.8, 4) is 0 Å². The lowest BCUT2D eigenvalue weighted by molar-refractivity contribution is -0.132. The molecule has 2 rings (SSSR count). The molecular weight excluding hydrogens is 272 g/mol. The van der Waals surface area contributed by atoms with Gasteiger partial charge in [0.1, 0.15) is 0 Å². The Labute approximate surface area is 123 Å². The fraction of sp³-hybridized carbons (Fsp3) is 0.467. The number of para-hydroxylation sites is 1. The van der Waals surface area contributed by atoms with Crippen molar-refractivity contribution in [1.29, 1.82) is 0 Å². The number of likely N-dealkylation sites (tertiary alicyclic amines) is 1. The van der Waals surface area contributed by atoms with Crippen LogP contribution < -0.4 is 5.32 Å². The van der Waals surface area contributed by atoms with Crippen molar-refractivity contribution in [2.45, 2.75) is 12.8 Å². The molecule has 0 radical (unpaired) electrons. The molecule has 0 aliphatic carbocycles. The van der Waals surface area contributed by atoms with Crippen LogP contribution in [-0.2, 0) is 9.59 Å². The van der Waals surface area contributed by atoms with Gasteiger partial charge in [-0.1, -0.05) is 18.2 Å². The number of anilines is 1. The first-order valence-corrected chi connectivity index (χ1v) is 8.22. The minimum atomic E-state index is -0.102. The van der Waals surface area contributed by atoms with E-state index < -0.39 is 0 Å². The summed E-state index contributed by atoms with van der Waals surface area (Å²) < 4.78 is 0. The molecule has 1 aromatic rings. The molecule has 0 bridgehead atoms. The minimum absolute atomic E-state index is 0.0119. The molecule has 1 aliphatic rings. The zero-order chi connectivity index (χ0) is 14.4. The van der Waals surface area contributed by atoms with Gasteiger partial charge in [0.15, 0.2) is 0 Å². The van der Waals surface area contributed by atoms with Gasteiger partial charge in [-0.2, -0.15) is 11.8 Å². The van der Waals surface area contributed by atoms with Crippen molar-refractivity contribution in [3.63, 3.8) is 0 Å². The van der Waals surface area contributed by atoms with Gasteiger partial charge in [0, 0.05) is 18.8 Å². The van der Waals surface area contributed by atoms with E-state index in [2.05, 4.69) is 5.32 Å². The van der Waals surface area contributed by atoms with E-state index in [0.29, 0.717) is 12.3 Å². The van der Waals surface area contributed by atoms with Crippen LogP contribution >= 0.6 is 11.8 Å². The normalized spacial score (nSPS) is 18.6. The number of amides is 2. The summed E-state index contributed by atoms with van der Waals surface area (Å²) in [7, 11) is 0. The molecule has 1 fully saturated rings. The Hall–Kier alpha value is -1.49. The molecule has 1 saturated heterocycles. The van der Waals surface area contributed by atoms with E-state index in [1.54, 1.807) is 0 Å². The highest BCUT2D eigenvalue weighted by atomic mass is 32.2. The van der Waals surface area contributed by atoms with E-state index in [9.17, 15) is 9.59 Å². The molecule has 1 atom stereocenters. The first-order valence-electron chi connectivity index (χ1n) is 6.83. The summed E-state index contributed by atoms with van der Waals surface area (Å²) in [6.45, 7) is 1.31.